The molecule has 0 saturated carbocycles. The largest absolute Gasteiger partial charge is 0.497 e. The van der Waals surface area contributed by atoms with Crippen molar-refractivity contribution in [3.8, 4) is 5.75 Å². The lowest BCUT2D eigenvalue weighted by Crippen LogP contribution is -2.48. The van der Waals surface area contributed by atoms with Crippen LogP contribution in [0.15, 0.2) is 42.5 Å². The molecule has 2 rings (SSSR count). The fourth-order valence-corrected chi connectivity index (χ4v) is 4.16. The minimum atomic E-state index is -0.532. The first-order chi connectivity index (χ1) is 14.4. The Balaban J connectivity index is 2.09. The number of halogens is 2. The van der Waals surface area contributed by atoms with Crippen LogP contribution < -0.4 is 10.1 Å². The van der Waals surface area contributed by atoms with Crippen molar-refractivity contribution in [1.29, 1.82) is 0 Å². The molecule has 0 spiro atoms. The van der Waals surface area contributed by atoms with Gasteiger partial charge >= 0.3 is 0 Å². The molecule has 2 aromatic rings. The number of likely N-dealkylation sites (N-methyl/N-ethyl adjacent to an activating group) is 1. The van der Waals surface area contributed by atoms with Crippen molar-refractivity contribution >= 4 is 46.8 Å². The van der Waals surface area contributed by atoms with Gasteiger partial charge < -0.3 is 15.0 Å². The highest BCUT2D eigenvalue weighted by molar-refractivity contribution is 7.99. The van der Waals surface area contributed by atoms with Gasteiger partial charge in [0.2, 0.25) is 11.8 Å². The Morgan fingerprint density at radius 2 is 1.77 bits per heavy atom. The molecule has 2 aromatic carbocycles. The van der Waals surface area contributed by atoms with E-state index in [0.29, 0.717) is 28.8 Å². The van der Waals surface area contributed by atoms with Crippen molar-refractivity contribution in [2.24, 2.45) is 0 Å². The van der Waals surface area contributed by atoms with Crippen molar-refractivity contribution in [3.05, 3.63) is 63.6 Å². The van der Waals surface area contributed by atoms with Gasteiger partial charge in [0, 0.05) is 19.3 Å². The highest BCUT2D eigenvalue weighted by Crippen LogP contribution is 2.25. The van der Waals surface area contributed by atoms with E-state index in [2.05, 4.69) is 5.32 Å². The Hall–Kier alpha value is -1.89. The van der Waals surface area contributed by atoms with E-state index in [4.69, 9.17) is 27.9 Å². The van der Waals surface area contributed by atoms with E-state index in [1.54, 1.807) is 31.2 Å². The average molecular weight is 469 g/mol. The SMILES string of the molecule is CC[C@@H](C(=O)NC)N(Cc1ccc(OC)cc1)C(=O)CSCc1ccc(Cl)c(Cl)c1. The summed E-state index contributed by atoms with van der Waals surface area (Å²) in [6.07, 6.45) is 0.527. The van der Waals surface area contributed by atoms with Gasteiger partial charge in [0.25, 0.3) is 0 Å². The van der Waals surface area contributed by atoms with E-state index >= 15 is 0 Å². The van der Waals surface area contributed by atoms with Crippen LogP contribution in [0.4, 0.5) is 0 Å². The number of amides is 2. The van der Waals surface area contributed by atoms with Gasteiger partial charge in [-0.05, 0) is 41.8 Å². The summed E-state index contributed by atoms with van der Waals surface area (Å²) in [5.41, 5.74) is 1.92. The van der Waals surface area contributed by atoms with Gasteiger partial charge in [0.1, 0.15) is 11.8 Å². The second-order valence-electron chi connectivity index (χ2n) is 6.65. The highest BCUT2D eigenvalue weighted by Gasteiger charge is 2.27. The first kappa shape index (κ1) is 24.4. The van der Waals surface area contributed by atoms with Gasteiger partial charge in [-0.3, -0.25) is 9.59 Å². The third-order valence-corrected chi connectivity index (χ3v) is 6.35. The highest BCUT2D eigenvalue weighted by atomic mass is 35.5. The smallest absolute Gasteiger partial charge is 0.242 e. The van der Waals surface area contributed by atoms with E-state index < -0.39 is 6.04 Å². The fraction of sp³-hybridized carbons (Fsp3) is 0.364. The molecule has 5 nitrogen and oxygen atoms in total. The van der Waals surface area contributed by atoms with Crippen LogP contribution in [0.5, 0.6) is 5.75 Å². The van der Waals surface area contributed by atoms with Crippen molar-refractivity contribution in [3.63, 3.8) is 0 Å². The third kappa shape index (κ3) is 6.83. The van der Waals surface area contributed by atoms with Crippen LogP contribution in [-0.4, -0.2) is 42.7 Å². The molecule has 0 radical (unpaired) electrons. The maximum absolute atomic E-state index is 13.1. The maximum atomic E-state index is 13.1. The summed E-state index contributed by atoms with van der Waals surface area (Å²) in [7, 11) is 3.19. The second kappa shape index (κ2) is 12.1. The number of hydrogen-bond acceptors (Lipinski definition) is 4. The normalized spacial score (nSPS) is 11.6. The van der Waals surface area contributed by atoms with E-state index in [-0.39, 0.29) is 17.6 Å². The zero-order valence-corrected chi connectivity index (χ0v) is 19.6. The summed E-state index contributed by atoms with van der Waals surface area (Å²) in [4.78, 5) is 27.1. The molecule has 0 saturated heterocycles. The first-order valence-corrected chi connectivity index (χ1v) is 11.5. The Kier molecular flexibility index (Phi) is 9.82. The first-order valence-electron chi connectivity index (χ1n) is 9.55. The molecular formula is C22H26Cl2N2O3S. The van der Waals surface area contributed by atoms with Gasteiger partial charge in [0.15, 0.2) is 0 Å². The maximum Gasteiger partial charge on any atom is 0.242 e. The predicted octanol–water partition coefficient (Wildman–Crippen LogP) is 4.79. The lowest BCUT2D eigenvalue weighted by atomic mass is 10.1. The number of ether oxygens (including phenoxy) is 1. The van der Waals surface area contributed by atoms with Gasteiger partial charge in [-0.15, -0.1) is 11.8 Å². The Morgan fingerprint density at radius 3 is 2.33 bits per heavy atom. The predicted molar refractivity (Wildman–Crippen MR) is 124 cm³/mol. The summed E-state index contributed by atoms with van der Waals surface area (Å²) < 4.78 is 5.19. The molecule has 0 heterocycles. The van der Waals surface area contributed by atoms with Crippen LogP contribution in [0.25, 0.3) is 0 Å². The molecule has 0 bridgehead atoms. The number of rotatable bonds is 10. The van der Waals surface area contributed by atoms with Crippen LogP contribution in [0.2, 0.25) is 10.0 Å². The van der Waals surface area contributed by atoms with E-state index in [1.165, 1.54) is 11.8 Å². The molecule has 2 amide bonds. The number of benzene rings is 2. The van der Waals surface area contributed by atoms with Gasteiger partial charge in [-0.2, -0.15) is 0 Å². The van der Waals surface area contributed by atoms with Crippen LogP contribution in [0.3, 0.4) is 0 Å². The molecule has 0 aliphatic carbocycles. The standard InChI is InChI=1S/C22H26Cl2N2O3S/c1-4-20(22(28)25-2)26(12-15-5-8-17(29-3)9-6-15)21(27)14-30-13-16-7-10-18(23)19(24)11-16/h5-11,20H,4,12-14H2,1-3H3,(H,25,28)/t20-/m0/s1. The van der Waals surface area contributed by atoms with Crippen molar-refractivity contribution in [2.75, 3.05) is 19.9 Å². The number of methoxy groups -OCH3 is 1. The number of carbonyl (C=O) groups is 2. The Bertz CT molecular complexity index is 862. The van der Waals surface area contributed by atoms with E-state index in [9.17, 15) is 9.59 Å². The number of hydrogen-bond donors (Lipinski definition) is 1. The minimum Gasteiger partial charge on any atom is -0.497 e. The summed E-state index contributed by atoms with van der Waals surface area (Å²) in [5, 5.41) is 3.66. The summed E-state index contributed by atoms with van der Waals surface area (Å²) in [5.74, 6) is 1.35. The van der Waals surface area contributed by atoms with Gasteiger partial charge in [-0.25, -0.2) is 0 Å². The number of thioether (sulfide) groups is 1. The molecule has 162 valence electrons. The Morgan fingerprint density at radius 1 is 1.10 bits per heavy atom. The quantitative estimate of drug-likeness (QED) is 0.544. The van der Waals surface area contributed by atoms with Crippen LogP contribution in [0.1, 0.15) is 24.5 Å². The van der Waals surface area contributed by atoms with Crippen molar-refractivity contribution in [2.45, 2.75) is 31.7 Å². The lowest BCUT2D eigenvalue weighted by Gasteiger charge is -2.30. The molecule has 0 aliphatic heterocycles. The summed E-state index contributed by atoms with van der Waals surface area (Å²) >= 11 is 13.5. The Labute approximate surface area is 192 Å². The molecule has 0 fully saturated rings. The molecule has 0 aliphatic rings. The topological polar surface area (TPSA) is 58.6 Å². The molecular weight excluding hydrogens is 443 g/mol. The van der Waals surface area contributed by atoms with Crippen LogP contribution in [-0.2, 0) is 21.9 Å². The lowest BCUT2D eigenvalue weighted by molar-refractivity contribution is -0.139. The van der Waals surface area contributed by atoms with Crippen molar-refractivity contribution in [1.82, 2.24) is 10.2 Å². The molecule has 0 aromatic heterocycles. The third-order valence-electron chi connectivity index (χ3n) is 4.62. The summed E-state index contributed by atoms with van der Waals surface area (Å²) in [6, 6.07) is 12.4. The molecule has 1 atom stereocenters. The minimum absolute atomic E-state index is 0.0914. The fourth-order valence-electron chi connectivity index (χ4n) is 2.98. The zero-order chi connectivity index (χ0) is 22.1. The molecule has 30 heavy (non-hydrogen) atoms. The van der Waals surface area contributed by atoms with Crippen LogP contribution in [0, 0.1) is 0 Å². The van der Waals surface area contributed by atoms with Crippen LogP contribution >= 0.6 is 35.0 Å². The number of nitrogens with one attached hydrogen (secondary N) is 1. The van der Waals surface area contributed by atoms with E-state index in [1.807, 2.05) is 37.3 Å². The van der Waals surface area contributed by atoms with E-state index in [0.717, 1.165) is 16.9 Å². The molecule has 8 heteroatoms. The number of carbonyl (C=O) groups excluding carboxylic acids is 2. The average Bonchev–Trinajstić information content (AvgIpc) is 2.76. The monoisotopic (exact) mass is 468 g/mol. The summed E-state index contributed by atoms with van der Waals surface area (Å²) in [6.45, 7) is 2.25. The van der Waals surface area contributed by atoms with Gasteiger partial charge in [-0.1, -0.05) is 48.3 Å². The molecule has 0 unspecified atom stereocenters. The second-order valence-corrected chi connectivity index (χ2v) is 8.45. The zero-order valence-electron chi connectivity index (χ0n) is 17.3. The van der Waals surface area contributed by atoms with Gasteiger partial charge in [0.05, 0.1) is 22.9 Å². The number of nitrogens with zero attached hydrogens (tertiary/aromatic N) is 1. The van der Waals surface area contributed by atoms with Crippen molar-refractivity contribution < 1.29 is 14.3 Å². The molecule has 1 N–H and O–H groups in total.